The lowest BCUT2D eigenvalue weighted by Crippen LogP contribution is -2.15. The van der Waals surface area contributed by atoms with E-state index in [1.807, 2.05) is 6.07 Å². The Morgan fingerprint density at radius 2 is 2.06 bits per heavy atom. The number of hydrogen-bond acceptors (Lipinski definition) is 3. The van der Waals surface area contributed by atoms with Crippen molar-refractivity contribution >= 4 is 0 Å². The van der Waals surface area contributed by atoms with Gasteiger partial charge < -0.3 is 10.5 Å². The van der Waals surface area contributed by atoms with Crippen molar-refractivity contribution < 1.29 is 9.13 Å². The molecule has 0 bridgehead atoms. The molecule has 1 unspecified atom stereocenters. The fourth-order valence-corrected chi connectivity index (χ4v) is 1.79. The molecule has 2 N–H and O–H groups in total. The molecule has 0 aliphatic rings. The van der Waals surface area contributed by atoms with Crippen molar-refractivity contribution in [1.82, 2.24) is 4.98 Å². The minimum absolute atomic E-state index is 0.272. The van der Waals surface area contributed by atoms with Crippen LogP contribution in [-0.4, -0.2) is 12.1 Å². The van der Waals surface area contributed by atoms with Gasteiger partial charge in [-0.3, -0.25) is 0 Å². The van der Waals surface area contributed by atoms with Crippen LogP contribution in [0.15, 0.2) is 42.6 Å². The number of rotatable bonds is 4. The standard InChI is InChI=1S/C14H15FN2O/c1-18-14-7-6-10(9-17-14)8-13(16)11-4-2-3-5-12(11)15/h2-7,9,13H,8,16H2,1H3. The average Bonchev–Trinajstić information content (AvgIpc) is 2.40. The lowest BCUT2D eigenvalue weighted by molar-refractivity contribution is 0.397. The molecule has 0 fully saturated rings. The van der Waals surface area contributed by atoms with Crippen LogP contribution in [0.5, 0.6) is 5.88 Å². The Bertz CT molecular complexity index is 513. The van der Waals surface area contributed by atoms with E-state index in [0.29, 0.717) is 17.9 Å². The lowest BCUT2D eigenvalue weighted by Gasteiger charge is -2.12. The molecule has 0 aliphatic carbocycles. The van der Waals surface area contributed by atoms with E-state index in [-0.39, 0.29) is 11.9 Å². The molecule has 3 nitrogen and oxygen atoms in total. The zero-order chi connectivity index (χ0) is 13.0. The predicted molar refractivity (Wildman–Crippen MR) is 67.8 cm³/mol. The largest absolute Gasteiger partial charge is 0.481 e. The van der Waals surface area contributed by atoms with Gasteiger partial charge in [-0.15, -0.1) is 0 Å². The van der Waals surface area contributed by atoms with Gasteiger partial charge in [0, 0.05) is 23.9 Å². The maximum Gasteiger partial charge on any atom is 0.212 e. The van der Waals surface area contributed by atoms with Gasteiger partial charge in [0.25, 0.3) is 0 Å². The van der Waals surface area contributed by atoms with Gasteiger partial charge in [0.2, 0.25) is 5.88 Å². The van der Waals surface area contributed by atoms with Crippen LogP contribution in [0.3, 0.4) is 0 Å². The lowest BCUT2D eigenvalue weighted by atomic mass is 10.0. The smallest absolute Gasteiger partial charge is 0.212 e. The molecular formula is C14H15FN2O. The van der Waals surface area contributed by atoms with E-state index in [4.69, 9.17) is 10.5 Å². The molecule has 1 aromatic carbocycles. The van der Waals surface area contributed by atoms with Crippen LogP contribution in [-0.2, 0) is 6.42 Å². The second-order valence-electron chi connectivity index (χ2n) is 4.04. The van der Waals surface area contributed by atoms with Gasteiger partial charge in [-0.2, -0.15) is 0 Å². The number of hydrogen-bond donors (Lipinski definition) is 1. The number of benzene rings is 1. The monoisotopic (exact) mass is 246 g/mol. The van der Waals surface area contributed by atoms with Crippen LogP contribution in [0.2, 0.25) is 0 Å². The molecule has 0 saturated carbocycles. The third kappa shape index (κ3) is 2.84. The van der Waals surface area contributed by atoms with E-state index in [1.54, 1.807) is 37.6 Å². The highest BCUT2D eigenvalue weighted by atomic mass is 19.1. The van der Waals surface area contributed by atoms with E-state index in [0.717, 1.165) is 5.56 Å². The Morgan fingerprint density at radius 3 is 2.67 bits per heavy atom. The topological polar surface area (TPSA) is 48.1 Å². The minimum Gasteiger partial charge on any atom is -0.481 e. The van der Waals surface area contributed by atoms with Gasteiger partial charge in [0.1, 0.15) is 5.82 Å². The van der Waals surface area contributed by atoms with Crippen molar-refractivity contribution in [3.63, 3.8) is 0 Å². The summed E-state index contributed by atoms with van der Waals surface area (Å²) in [7, 11) is 1.56. The van der Waals surface area contributed by atoms with Gasteiger partial charge in [-0.05, 0) is 18.1 Å². The van der Waals surface area contributed by atoms with Gasteiger partial charge in [-0.1, -0.05) is 24.3 Å². The molecule has 18 heavy (non-hydrogen) atoms. The normalized spacial score (nSPS) is 12.2. The van der Waals surface area contributed by atoms with Gasteiger partial charge in [0.15, 0.2) is 0 Å². The Balaban J connectivity index is 2.11. The SMILES string of the molecule is COc1ccc(CC(N)c2ccccc2F)cn1. The fraction of sp³-hybridized carbons (Fsp3) is 0.214. The third-order valence-electron chi connectivity index (χ3n) is 2.77. The summed E-state index contributed by atoms with van der Waals surface area (Å²) in [6.45, 7) is 0. The molecule has 0 amide bonds. The highest BCUT2D eigenvalue weighted by Gasteiger charge is 2.11. The summed E-state index contributed by atoms with van der Waals surface area (Å²) in [6, 6.07) is 9.83. The molecular weight excluding hydrogens is 231 g/mol. The van der Waals surface area contributed by atoms with Crippen molar-refractivity contribution in [3.05, 3.63) is 59.5 Å². The quantitative estimate of drug-likeness (QED) is 0.901. The Hall–Kier alpha value is -1.94. The van der Waals surface area contributed by atoms with Gasteiger partial charge >= 0.3 is 0 Å². The first kappa shape index (κ1) is 12.5. The summed E-state index contributed by atoms with van der Waals surface area (Å²) < 4.78 is 18.5. The van der Waals surface area contributed by atoms with Crippen molar-refractivity contribution in [3.8, 4) is 5.88 Å². The van der Waals surface area contributed by atoms with Crippen LogP contribution in [0.1, 0.15) is 17.2 Å². The molecule has 1 aromatic heterocycles. The summed E-state index contributed by atoms with van der Waals surface area (Å²) in [5, 5.41) is 0. The molecule has 0 radical (unpaired) electrons. The zero-order valence-corrected chi connectivity index (χ0v) is 10.1. The Morgan fingerprint density at radius 1 is 1.28 bits per heavy atom. The molecule has 2 rings (SSSR count). The second-order valence-corrected chi connectivity index (χ2v) is 4.04. The van der Waals surface area contributed by atoms with Gasteiger partial charge in [-0.25, -0.2) is 9.37 Å². The predicted octanol–water partition coefficient (Wildman–Crippen LogP) is 2.47. The van der Waals surface area contributed by atoms with Crippen LogP contribution in [0.4, 0.5) is 4.39 Å². The van der Waals surface area contributed by atoms with Crippen molar-refractivity contribution in [2.75, 3.05) is 7.11 Å². The van der Waals surface area contributed by atoms with Crippen LogP contribution >= 0.6 is 0 Å². The second kappa shape index (κ2) is 5.60. The van der Waals surface area contributed by atoms with E-state index >= 15 is 0 Å². The van der Waals surface area contributed by atoms with Gasteiger partial charge in [0.05, 0.1) is 7.11 Å². The number of nitrogens with two attached hydrogens (primary N) is 1. The number of halogens is 1. The molecule has 4 heteroatoms. The molecule has 1 heterocycles. The van der Waals surface area contributed by atoms with Crippen molar-refractivity contribution in [2.24, 2.45) is 5.73 Å². The molecule has 0 spiro atoms. The number of nitrogens with zero attached hydrogens (tertiary/aromatic N) is 1. The molecule has 94 valence electrons. The number of pyridine rings is 1. The minimum atomic E-state index is -0.374. The maximum atomic E-state index is 13.5. The molecule has 0 saturated heterocycles. The molecule has 1 atom stereocenters. The van der Waals surface area contributed by atoms with E-state index in [2.05, 4.69) is 4.98 Å². The summed E-state index contributed by atoms with van der Waals surface area (Å²) in [5.74, 6) is 0.282. The highest BCUT2D eigenvalue weighted by molar-refractivity contribution is 5.25. The van der Waals surface area contributed by atoms with Crippen LogP contribution in [0.25, 0.3) is 0 Å². The van der Waals surface area contributed by atoms with E-state index in [9.17, 15) is 4.39 Å². The Labute approximate surface area is 105 Å². The van der Waals surface area contributed by atoms with E-state index < -0.39 is 0 Å². The molecule has 2 aromatic rings. The van der Waals surface area contributed by atoms with Crippen molar-refractivity contribution in [2.45, 2.75) is 12.5 Å². The average molecular weight is 246 g/mol. The Kier molecular flexibility index (Phi) is 3.89. The maximum absolute atomic E-state index is 13.5. The summed E-state index contributed by atoms with van der Waals surface area (Å²) in [6.07, 6.45) is 2.23. The first-order chi connectivity index (χ1) is 8.70. The summed E-state index contributed by atoms with van der Waals surface area (Å²) in [4.78, 5) is 4.09. The number of methoxy groups -OCH3 is 1. The summed E-state index contributed by atoms with van der Waals surface area (Å²) in [5.41, 5.74) is 7.47. The van der Waals surface area contributed by atoms with E-state index in [1.165, 1.54) is 6.07 Å². The first-order valence-corrected chi connectivity index (χ1v) is 5.69. The van der Waals surface area contributed by atoms with Crippen LogP contribution < -0.4 is 10.5 Å². The number of ether oxygens (including phenoxy) is 1. The first-order valence-electron chi connectivity index (χ1n) is 5.69. The number of aromatic nitrogens is 1. The van der Waals surface area contributed by atoms with Crippen molar-refractivity contribution in [1.29, 1.82) is 0 Å². The zero-order valence-electron chi connectivity index (χ0n) is 10.1. The summed E-state index contributed by atoms with van der Waals surface area (Å²) >= 11 is 0. The highest BCUT2D eigenvalue weighted by Crippen LogP contribution is 2.19. The third-order valence-corrected chi connectivity index (χ3v) is 2.77. The molecule has 0 aliphatic heterocycles. The van der Waals surface area contributed by atoms with Crippen LogP contribution in [0, 0.1) is 5.82 Å². The fourth-order valence-electron chi connectivity index (χ4n) is 1.79.